The third kappa shape index (κ3) is 2.96. The fourth-order valence-electron chi connectivity index (χ4n) is 2.25. The van der Waals surface area contributed by atoms with Crippen LogP contribution in [0.1, 0.15) is 36.6 Å². The maximum absolute atomic E-state index is 6.28. The van der Waals surface area contributed by atoms with Crippen LogP contribution in [0.4, 0.5) is 0 Å². The predicted octanol–water partition coefficient (Wildman–Crippen LogP) is 2.88. The van der Waals surface area contributed by atoms with E-state index in [1.807, 2.05) is 42.8 Å². The Morgan fingerprint density at radius 3 is 2.37 bits per heavy atom. The van der Waals surface area contributed by atoms with Crippen LogP contribution in [0.15, 0.2) is 24.3 Å². The average molecular weight is 279 g/mol. The molecule has 0 saturated carbocycles. The van der Waals surface area contributed by atoms with Gasteiger partial charge in [-0.25, -0.2) is 9.67 Å². The fourth-order valence-corrected chi connectivity index (χ4v) is 2.38. The summed E-state index contributed by atoms with van der Waals surface area (Å²) in [5.41, 5.74) is 7.38. The van der Waals surface area contributed by atoms with Gasteiger partial charge in [0, 0.05) is 11.1 Å². The molecule has 0 saturated heterocycles. The quantitative estimate of drug-likeness (QED) is 0.936. The van der Waals surface area contributed by atoms with Crippen LogP contribution in [0.5, 0.6) is 0 Å². The Bertz CT molecular complexity index is 547. The number of nitrogens with two attached hydrogens (primary N) is 1. The first-order valence-electron chi connectivity index (χ1n) is 6.43. The Hall–Kier alpha value is -1.39. The zero-order valence-corrected chi connectivity index (χ0v) is 12.2. The highest BCUT2D eigenvalue weighted by molar-refractivity contribution is 6.30. The Labute approximate surface area is 118 Å². The number of hydrogen-bond acceptors (Lipinski definition) is 3. The van der Waals surface area contributed by atoms with Crippen LogP contribution in [0.3, 0.4) is 0 Å². The lowest BCUT2D eigenvalue weighted by molar-refractivity contribution is 0.414. The standard InChI is InChI=1S/C14H19ClN4/c1-4-13(16)14(11-5-7-12(15)8-6-11)19-10(3)17-9(2)18-19/h5-8,13-14H,4,16H2,1-3H3. The lowest BCUT2D eigenvalue weighted by Crippen LogP contribution is -2.33. The highest BCUT2D eigenvalue weighted by Crippen LogP contribution is 2.24. The minimum atomic E-state index is -0.0130. The molecular formula is C14H19ClN4. The molecule has 4 nitrogen and oxygen atoms in total. The molecule has 0 fully saturated rings. The number of rotatable bonds is 4. The molecule has 0 bridgehead atoms. The van der Waals surface area contributed by atoms with E-state index in [4.69, 9.17) is 17.3 Å². The van der Waals surface area contributed by atoms with Gasteiger partial charge < -0.3 is 5.73 Å². The van der Waals surface area contributed by atoms with Gasteiger partial charge in [0.1, 0.15) is 11.6 Å². The van der Waals surface area contributed by atoms with Gasteiger partial charge in [0.15, 0.2) is 0 Å². The van der Waals surface area contributed by atoms with E-state index in [2.05, 4.69) is 17.0 Å². The molecule has 1 aromatic heterocycles. The van der Waals surface area contributed by atoms with Crippen molar-refractivity contribution < 1.29 is 0 Å². The molecule has 2 unspecified atom stereocenters. The lowest BCUT2D eigenvalue weighted by atomic mass is 9.98. The lowest BCUT2D eigenvalue weighted by Gasteiger charge is -2.24. The second-order valence-electron chi connectivity index (χ2n) is 4.72. The van der Waals surface area contributed by atoms with Gasteiger partial charge >= 0.3 is 0 Å². The minimum Gasteiger partial charge on any atom is -0.326 e. The number of nitrogens with zero attached hydrogens (tertiary/aromatic N) is 3. The van der Waals surface area contributed by atoms with Crippen molar-refractivity contribution in [2.45, 2.75) is 39.3 Å². The first-order valence-corrected chi connectivity index (χ1v) is 6.81. The van der Waals surface area contributed by atoms with Crippen molar-refractivity contribution in [3.05, 3.63) is 46.5 Å². The molecule has 0 radical (unpaired) electrons. The van der Waals surface area contributed by atoms with E-state index in [9.17, 15) is 0 Å². The molecule has 5 heteroatoms. The van der Waals surface area contributed by atoms with Crippen LogP contribution < -0.4 is 5.73 Å². The van der Waals surface area contributed by atoms with E-state index in [1.165, 1.54) is 0 Å². The largest absolute Gasteiger partial charge is 0.326 e. The molecule has 2 rings (SSSR count). The van der Waals surface area contributed by atoms with Crippen LogP contribution in [0.25, 0.3) is 0 Å². The number of hydrogen-bond donors (Lipinski definition) is 1. The molecular weight excluding hydrogens is 260 g/mol. The summed E-state index contributed by atoms with van der Waals surface area (Å²) in [4.78, 5) is 4.36. The second kappa shape index (κ2) is 5.72. The van der Waals surface area contributed by atoms with Gasteiger partial charge in [-0.3, -0.25) is 0 Å². The average Bonchev–Trinajstić information content (AvgIpc) is 2.71. The maximum atomic E-state index is 6.28. The molecule has 1 heterocycles. The van der Waals surface area contributed by atoms with Crippen LogP contribution >= 0.6 is 11.6 Å². The summed E-state index contributed by atoms with van der Waals surface area (Å²) in [6.07, 6.45) is 0.867. The topological polar surface area (TPSA) is 56.7 Å². The molecule has 1 aromatic carbocycles. The van der Waals surface area contributed by atoms with E-state index in [0.29, 0.717) is 0 Å². The van der Waals surface area contributed by atoms with Crippen molar-refractivity contribution in [2.24, 2.45) is 5.73 Å². The summed E-state index contributed by atoms with van der Waals surface area (Å²) in [5, 5.41) is 5.19. The first kappa shape index (κ1) is 14.0. The Morgan fingerprint density at radius 1 is 1.26 bits per heavy atom. The zero-order chi connectivity index (χ0) is 14.0. The van der Waals surface area contributed by atoms with Gasteiger partial charge in [-0.15, -0.1) is 0 Å². The summed E-state index contributed by atoms with van der Waals surface area (Å²) in [7, 11) is 0. The van der Waals surface area contributed by atoms with Crippen molar-refractivity contribution in [3.63, 3.8) is 0 Å². The third-order valence-corrected chi connectivity index (χ3v) is 3.51. The summed E-state index contributed by atoms with van der Waals surface area (Å²) in [5.74, 6) is 1.64. The van der Waals surface area contributed by atoms with Gasteiger partial charge in [-0.05, 0) is 38.0 Å². The molecule has 0 aliphatic heterocycles. The van der Waals surface area contributed by atoms with Gasteiger partial charge in [0.25, 0.3) is 0 Å². The fraction of sp³-hybridized carbons (Fsp3) is 0.429. The normalized spacial score (nSPS) is 14.4. The van der Waals surface area contributed by atoms with E-state index in [0.717, 1.165) is 28.7 Å². The van der Waals surface area contributed by atoms with E-state index in [1.54, 1.807) is 0 Å². The van der Waals surface area contributed by atoms with Crippen LogP contribution in [-0.4, -0.2) is 20.8 Å². The summed E-state index contributed by atoms with van der Waals surface area (Å²) >= 11 is 5.95. The zero-order valence-electron chi connectivity index (χ0n) is 11.5. The highest BCUT2D eigenvalue weighted by Gasteiger charge is 2.23. The number of aromatic nitrogens is 3. The van der Waals surface area contributed by atoms with Crippen molar-refractivity contribution in [1.82, 2.24) is 14.8 Å². The van der Waals surface area contributed by atoms with Crippen LogP contribution in [0, 0.1) is 13.8 Å². The Balaban J connectivity index is 2.47. The molecule has 2 aromatic rings. The van der Waals surface area contributed by atoms with Crippen molar-refractivity contribution in [3.8, 4) is 0 Å². The van der Waals surface area contributed by atoms with E-state index < -0.39 is 0 Å². The monoisotopic (exact) mass is 278 g/mol. The second-order valence-corrected chi connectivity index (χ2v) is 5.16. The molecule has 2 atom stereocenters. The summed E-state index contributed by atoms with van der Waals surface area (Å²) in [6, 6.07) is 7.73. The maximum Gasteiger partial charge on any atom is 0.147 e. The molecule has 19 heavy (non-hydrogen) atoms. The molecule has 102 valence electrons. The number of benzene rings is 1. The molecule has 0 aliphatic carbocycles. The van der Waals surface area contributed by atoms with E-state index in [-0.39, 0.29) is 12.1 Å². The van der Waals surface area contributed by atoms with Crippen molar-refractivity contribution >= 4 is 11.6 Å². The molecule has 2 N–H and O–H groups in total. The summed E-state index contributed by atoms with van der Waals surface area (Å²) < 4.78 is 1.91. The number of halogens is 1. The Morgan fingerprint density at radius 2 is 1.89 bits per heavy atom. The van der Waals surface area contributed by atoms with Crippen LogP contribution in [-0.2, 0) is 0 Å². The molecule has 0 aliphatic rings. The molecule has 0 spiro atoms. The highest BCUT2D eigenvalue weighted by atomic mass is 35.5. The SMILES string of the molecule is CCC(N)C(c1ccc(Cl)cc1)n1nc(C)nc1C. The Kier molecular flexibility index (Phi) is 4.22. The van der Waals surface area contributed by atoms with Crippen molar-refractivity contribution in [1.29, 1.82) is 0 Å². The smallest absolute Gasteiger partial charge is 0.147 e. The molecule has 0 amide bonds. The predicted molar refractivity (Wildman–Crippen MR) is 77.4 cm³/mol. The van der Waals surface area contributed by atoms with Gasteiger partial charge in [0.2, 0.25) is 0 Å². The van der Waals surface area contributed by atoms with E-state index >= 15 is 0 Å². The summed E-state index contributed by atoms with van der Waals surface area (Å²) in [6.45, 7) is 5.91. The third-order valence-electron chi connectivity index (χ3n) is 3.26. The van der Waals surface area contributed by atoms with Gasteiger partial charge in [0.05, 0.1) is 6.04 Å². The van der Waals surface area contributed by atoms with Gasteiger partial charge in [-0.2, -0.15) is 5.10 Å². The van der Waals surface area contributed by atoms with Crippen LogP contribution in [0.2, 0.25) is 5.02 Å². The van der Waals surface area contributed by atoms with Gasteiger partial charge in [-0.1, -0.05) is 30.7 Å². The van der Waals surface area contributed by atoms with Crippen molar-refractivity contribution in [2.75, 3.05) is 0 Å². The first-order chi connectivity index (χ1) is 9.02. The minimum absolute atomic E-state index is 0.0107. The number of aryl methyl sites for hydroxylation is 2.